The van der Waals surface area contributed by atoms with E-state index in [1.807, 2.05) is 23.1 Å². The number of para-hydroxylation sites is 1. The summed E-state index contributed by atoms with van der Waals surface area (Å²) in [7, 11) is 0. The first-order chi connectivity index (χ1) is 16.2. The molecule has 2 heterocycles. The number of hydrogen-bond acceptors (Lipinski definition) is 5. The third-order valence-electron chi connectivity index (χ3n) is 6.37. The summed E-state index contributed by atoms with van der Waals surface area (Å²) in [6.07, 6.45) is 1.29. The van der Waals surface area contributed by atoms with E-state index in [1.54, 1.807) is 11.3 Å². The average molecular weight is 496 g/mol. The molecule has 0 unspecified atom stereocenters. The number of amides is 1. The molecule has 3 aromatic carbocycles. The van der Waals surface area contributed by atoms with Crippen LogP contribution in [0.3, 0.4) is 0 Å². The van der Waals surface area contributed by atoms with Gasteiger partial charge in [-0.25, -0.2) is 4.98 Å². The van der Waals surface area contributed by atoms with E-state index in [4.69, 9.17) is 9.72 Å². The summed E-state index contributed by atoms with van der Waals surface area (Å²) in [6.45, 7) is 6.92. The molecule has 1 saturated heterocycles. The Kier molecular flexibility index (Phi) is 8.16. The smallest absolute Gasteiger partial charge is 0.233 e. The van der Waals surface area contributed by atoms with Gasteiger partial charge in [0, 0.05) is 26.2 Å². The van der Waals surface area contributed by atoms with Crippen molar-refractivity contribution >= 4 is 55.8 Å². The molecule has 0 atom stereocenters. The molecule has 4 aromatic rings. The lowest BCUT2D eigenvalue weighted by Crippen LogP contribution is -2.43. The zero-order valence-electron chi connectivity index (χ0n) is 19.4. The van der Waals surface area contributed by atoms with E-state index < -0.39 is 0 Å². The van der Waals surface area contributed by atoms with Gasteiger partial charge >= 0.3 is 0 Å². The monoisotopic (exact) mass is 495 g/mol. The number of aryl methyl sites for hydroxylation is 1. The van der Waals surface area contributed by atoms with Gasteiger partial charge in [0.05, 0.1) is 29.9 Å². The molecule has 0 saturated carbocycles. The Morgan fingerprint density at radius 2 is 1.76 bits per heavy atom. The highest BCUT2D eigenvalue weighted by molar-refractivity contribution is 7.22. The second kappa shape index (κ2) is 11.3. The minimum atomic E-state index is 0. The molecule has 1 amide bonds. The van der Waals surface area contributed by atoms with Crippen LogP contribution >= 0.6 is 23.7 Å². The molecule has 1 aromatic heterocycles. The van der Waals surface area contributed by atoms with Crippen LogP contribution in [0.15, 0.2) is 60.7 Å². The number of aromatic nitrogens is 1. The van der Waals surface area contributed by atoms with Crippen molar-refractivity contribution < 1.29 is 9.53 Å². The van der Waals surface area contributed by atoms with E-state index in [2.05, 4.69) is 54.3 Å². The van der Waals surface area contributed by atoms with Crippen molar-refractivity contribution in [1.29, 1.82) is 0 Å². The summed E-state index contributed by atoms with van der Waals surface area (Å²) >= 11 is 1.61. The van der Waals surface area contributed by atoms with Crippen molar-refractivity contribution in [2.45, 2.75) is 19.8 Å². The van der Waals surface area contributed by atoms with Gasteiger partial charge in [0.15, 0.2) is 5.13 Å². The van der Waals surface area contributed by atoms with Gasteiger partial charge in [-0.3, -0.25) is 14.6 Å². The van der Waals surface area contributed by atoms with Crippen molar-refractivity contribution in [3.05, 3.63) is 71.8 Å². The molecule has 0 N–H and O–H groups in total. The molecule has 178 valence electrons. The van der Waals surface area contributed by atoms with Crippen molar-refractivity contribution in [1.82, 2.24) is 9.88 Å². The van der Waals surface area contributed by atoms with Crippen LogP contribution < -0.4 is 4.90 Å². The van der Waals surface area contributed by atoms with Crippen LogP contribution in [0.5, 0.6) is 0 Å². The Morgan fingerprint density at radius 3 is 2.59 bits per heavy atom. The van der Waals surface area contributed by atoms with E-state index in [0.717, 1.165) is 71.0 Å². The number of halogens is 1. The fraction of sp³-hybridized carbons (Fsp3) is 0.333. The molecule has 7 heteroatoms. The standard InChI is InChI=1S/C27H29N3O2S.ClH/c1-2-20-8-6-12-24-26(20)28-27(33-24)30(14-13-29-15-17-32-18-16-29)25(31)19-22-10-5-9-21-7-3-4-11-23(21)22;/h3-12H,2,13-19H2,1H3;1H. The first kappa shape index (κ1) is 24.6. The molecule has 1 aliphatic heterocycles. The van der Waals surface area contributed by atoms with Gasteiger partial charge in [0.1, 0.15) is 0 Å². The number of carbonyl (C=O) groups is 1. The Bertz CT molecular complexity index is 1260. The minimum absolute atomic E-state index is 0. The van der Waals surface area contributed by atoms with E-state index in [1.165, 1.54) is 5.56 Å². The normalized spacial score (nSPS) is 14.3. The van der Waals surface area contributed by atoms with Gasteiger partial charge in [-0.1, -0.05) is 72.9 Å². The van der Waals surface area contributed by atoms with Crippen molar-refractivity contribution in [2.24, 2.45) is 0 Å². The molecular weight excluding hydrogens is 466 g/mol. The Morgan fingerprint density at radius 1 is 1.03 bits per heavy atom. The second-order valence-corrected chi connectivity index (χ2v) is 9.44. The van der Waals surface area contributed by atoms with Gasteiger partial charge < -0.3 is 4.74 Å². The summed E-state index contributed by atoms with van der Waals surface area (Å²) in [5.41, 5.74) is 3.31. The number of anilines is 1. The number of rotatable bonds is 7. The Balaban J connectivity index is 0.00000274. The Labute approximate surface area is 210 Å². The van der Waals surface area contributed by atoms with E-state index in [9.17, 15) is 4.79 Å². The molecule has 1 fully saturated rings. The first-order valence-corrected chi connectivity index (χ1v) is 12.5. The zero-order valence-corrected chi connectivity index (χ0v) is 21.0. The maximum Gasteiger partial charge on any atom is 0.233 e. The average Bonchev–Trinajstić information content (AvgIpc) is 3.29. The third-order valence-corrected chi connectivity index (χ3v) is 7.41. The number of carbonyl (C=O) groups excluding carboxylic acids is 1. The molecule has 0 spiro atoms. The molecule has 34 heavy (non-hydrogen) atoms. The summed E-state index contributed by atoms with van der Waals surface area (Å²) in [5.74, 6) is 0.0942. The molecule has 0 aliphatic carbocycles. The number of morpholine rings is 1. The number of fused-ring (bicyclic) bond motifs is 2. The number of benzene rings is 3. The van der Waals surface area contributed by atoms with Crippen molar-refractivity contribution in [3.8, 4) is 0 Å². The topological polar surface area (TPSA) is 45.7 Å². The van der Waals surface area contributed by atoms with E-state index >= 15 is 0 Å². The van der Waals surface area contributed by atoms with Crippen LogP contribution in [0, 0.1) is 0 Å². The molecule has 1 aliphatic rings. The van der Waals surface area contributed by atoms with Gasteiger partial charge in [0.25, 0.3) is 0 Å². The number of hydrogen-bond donors (Lipinski definition) is 0. The third kappa shape index (κ3) is 5.26. The second-order valence-electron chi connectivity index (χ2n) is 8.43. The van der Waals surface area contributed by atoms with Crippen molar-refractivity contribution in [3.63, 3.8) is 0 Å². The van der Waals surface area contributed by atoms with Gasteiger partial charge in [-0.2, -0.15) is 0 Å². The fourth-order valence-electron chi connectivity index (χ4n) is 4.49. The zero-order chi connectivity index (χ0) is 22.6. The molecular formula is C27H30ClN3O2S. The first-order valence-electron chi connectivity index (χ1n) is 11.7. The highest BCUT2D eigenvalue weighted by atomic mass is 35.5. The lowest BCUT2D eigenvalue weighted by molar-refractivity contribution is -0.118. The van der Waals surface area contributed by atoms with Crippen LogP contribution in [0.1, 0.15) is 18.1 Å². The van der Waals surface area contributed by atoms with Crippen LogP contribution in [-0.4, -0.2) is 55.2 Å². The van der Waals surface area contributed by atoms with Crippen molar-refractivity contribution in [2.75, 3.05) is 44.3 Å². The largest absolute Gasteiger partial charge is 0.379 e. The molecule has 5 nitrogen and oxygen atoms in total. The summed E-state index contributed by atoms with van der Waals surface area (Å²) in [5, 5.41) is 3.10. The minimum Gasteiger partial charge on any atom is -0.379 e. The summed E-state index contributed by atoms with van der Waals surface area (Å²) in [6, 6.07) is 20.8. The molecule has 0 radical (unpaired) electrons. The van der Waals surface area contributed by atoms with E-state index in [0.29, 0.717) is 13.0 Å². The fourth-order valence-corrected chi connectivity index (χ4v) is 5.55. The highest BCUT2D eigenvalue weighted by Gasteiger charge is 2.23. The van der Waals surface area contributed by atoms with Gasteiger partial charge in [0.2, 0.25) is 5.91 Å². The highest BCUT2D eigenvalue weighted by Crippen LogP contribution is 2.32. The van der Waals surface area contributed by atoms with Crippen LogP contribution in [0.2, 0.25) is 0 Å². The lowest BCUT2D eigenvalue weighted by atomic mass is 10.0. The number of ether oxygens (including phenoxy) is 1. The summed E-state index contributed by atoms with van der Waals surface area (Å²) < 4.78 is 6.63. The van der Waals surface area contributed by atoms with Crippen LogP contribution in [0.4, 0.5) is 5.13 Å². The Hall–Kier alpha value is -2.51. The predicted octanol–water partition coefficient (Wildman–Crippen LogP) is 5.34. The number of nitrogens with zero attached hydrogens (tertiary/aromatic N) is 3. The molecule has 0 bridgehead atoms. The predicted molar refractivity (Wildman–Crippen MR) is 144 cm³/mol. The SMILES string of the molecule is CCc1cccc2sc(N(CCN3CCOCC3)C(=O)Cc3cccc4ccccc34)nc12.Cl. The quantitative estimate of drug-likeness (QED) is 0.347. The maximum atomic E-state index is 13.7. The maximum absolute atomic E-state index is 13.7. The molecule has 5 rings (SSSR count). The lowest BCUT2D eigenvalue weighted by Gasteiger charge is -2.29. The summed E-state index contributed by atoms with van der Waals surface area (Å²) in [4.78, 5) is 22.9. The van der Waals surface area contributed by atoms with Gasteiger partial charge in [-0.05, 0) is 34.4 Å². The van der Waals surface area contributed by atoms with Gasteiger partial charge in [-0.15, -0.1) is 12.4 Å². The van der Waals surface area contributed by atoms with Crippen LogP contribution in [-0.2, 0) is 22.4 Å². The number of thiazole rings is 1. The van der Waals surface area contributed by atoms with E-state index in [-0.39, 0.29) is 18.3 Å². The van der Waals surface area contributed by atoms with Crippen LogP contribution in [0.25, 0.3) is 21.0 Å².